The van der Waals surface area contributed by atoms with Crippen LogP contribution in [0.1, 0.15) is 48.3 Å². The zero-order chi connectivity index (χ0) is 18.0. The molecule has 0 radical (unpaired) electrons. The Hall–Kier alpha value is -1.62. The average molecular weight is 345 g/mol. The Kier molecular flexibility index (Phi) is 5.62. The van der Waals surface area contributed by atoms with Gasteiger partial charge in [0.2, 0.25) is 0 Å². The molecule has 3 rings (SSSR count). The predicted octanol–water partition coefficient (Wildman–Crippen LogP) is 2.66. The molecule has 1 aliphatic heterocycles. The van der Waals surface area contributed by atoms with Crippen LogP contribution in [0.4, 0.5) is 5.82 Å². The number of carbonyl (C=O) groups excluding carboxylic acids is 1. The molecule has 1 aromatic rings. The quantitative estimate of drug-likeness (QED) is 0.862. The molecule has 5 nitrogen and oxygen atoms in total. The maximum Gasteiger partial charge on any atom is 0.257 e. The lowest BCUT2D eigenvalue weighted by Crippen LogP contribution is -2.30. The fraction of sp³-hybridized carbons (Fsp3) is 0.700. The Morgan fingerprint density at radius 2 is 2.04 bits per heavy atom. The molecule has 0 atom stereocenters. The van der Waals surface area contributed by atoms with Crippen molar-refractivity contribution in [3.63, 3.8) is 0 Å². The highest BCUT2D eigenvalue weighted by molar-refractivity contribution is 5.98. The number of nitrogens with one attached hydrogen (secondary N) is 1. The maximum atomic E-state index is 12.6. The van der Waals surface area contributed by atoms with Gasteiger partial charge >= 0.3 is 0 Å². The van der Waals surface area contributed by atoms with Crippen LogP contribution < -0.4 is 5.32 Å². The van der Waals surface area contributed by atoms with E-state index in [1.165, 1.54) is 24.1 Å². The first-order valence-electron chi connectivity index (χ1n) is 9.64. The van der Waals surface area contributed by atoms with Crippen molar-refractivity contribution >= 4 is 11.7 Å². The Morgan fingerprint density at radius 1 is 1.32 bits per heavy atom. The Morgan fingerprint density at radius 3 is 2.68 bits per heavy atom. The number of carbonyl (C=O) groups is 1. The molecule has 0 bridgehead atoms. The lowest BCUT2D eigenvalue weighted by molar-refractivity contribution is 0.0828. The van der Waals surface area contributed by atoms with Gasteiger partial charge in [0.25, 0.3) is 5.91 Å². The first kappa shape index (κ1) is 18.2. The second kappa shape index (κ2) is 7.73. The van der Waals surface area contributed by atoms with E-state index >= 15 is 0 Å². The van der Waals surface area contributed by atoms with Gasteiger partial charge in [-0.3, -0.25) is 4.79 Å². The van der Waals surface area contributed by atoms with Gasteiger partial charge in [-0.1, -0.05) is 13.8 Å². The topological polar surface area (TPSA) is 48.5 Å². The van der Waals surface area contributed by atoms with Crippen LogP contribution in [0.3, 0.4) is 0 Å². The molecule has 0 aromatic carbocycles. The summed E-state index contributed by atoms with van der Waals surface area (Å²) in [6.45, 7) is 8.70. The van der Waals surface area contributed by atoms with Crippen molar-refractivity contribution in [1.29, 1.82) is 0 Å². The van der Waals surface area contributed by atoms with Crippen LogP contribution in [0.2, 0.25) is 0 Å². The fourth-order valence-electron chi connectivity index (χ4n) is 3.48. The van der Waals surface area contributed by atoms with Gasteiger partial charge in [-0.05, 0) is 42.7 Å². The maximum absolute atomic E-state index is 12.6. The minimum Gasteiger partial charge on any atom is -0.369 e. The van der Waals surface area contributed by atoms with Crippen LogP contribution in [-0.4, -0.2) is 61.0 Å². The summed E-state index contributed by atoms with van der Waals surface area (Å²) in [6.07, 6.45) is 4.53. The Labute approximate surface area is 151 Å². The summed E-state index contributed by atoms with van der Waals surface area (Å²) in [6, 6.07) is 2.10. The number of nitrogens with zero attached hydrogens (tertiary/aromatic N) is 3. The third-order valence-corrected chi connectivity index (χ3v) is 5.07. The number of hydrogen-bond donors (Lipinski definition) is 1. The summed E-state index contributed by atoms with van der Waals surface area (Å²) in [4.78, 5) is 21.7. The highest BCUT2D eigenvalue weighted by Gasteiger charge is 2.25. The zero-order valence-electron chi connectivity index (χ0n) is 16.1. The van der Waals surface area contributed by atoms with Crippen molar-refractivity contribution in [2.45, 2.75) is 39.5 Å². The summed E-state index contributed by atoms with van der Waals surface area (Å²) in [5.74, 6) is 2.25. The zero-order valence-corrected chi connectivity index (χ0v) is 16.1. The van der Waals surface area contributed by atoms with Crippen LogP contribution in [0, 0.1) is 11.8 Å². The molecule has 1 N–H and O–H groups in total. The predicted molar refractivity (Wildman–Crippen MR) is 102 cm³/mol. The van der Waals surface area contributed by atoms with E-state index in [-0.39, 0.29) is 5.91 Å². The van der Waals surface area contributed by atoms with Crippen LogP contribution in [0.15, 0.2) is 6.07 Å². The number of fused-ring (bicyclic) bond motifs is 1. The second-order valence-corrected chi connectivity index (χ2v) is 8.21. The largest absolute Gasteiger partial charge is 0.369 e. The number of pyridine rings is 1. The molecule has 5 heteroatoms. The van der Waals surface area contributed by atoms with Crippen molar-refractivity contribution in [3.8, 4) is 0 Å². The number of hydrogen-bond acceptors (Lipinski definition) is 4. The molecule has 0 unspecified atom stereocenters. The lowest BCUT2D eigenvalue weighted by Gasteiger charge is -2.21. The summed E-state index contributed by atoms with van der Waals surface area (Å²) < 4.78 is 0. The molecule has 0 spiro atoms. The summed E-state index contributed by atoms with van der Waals surface area (Å²) in [5.41, 5.74) is 3.13. The highest BCUT2D eigenvalue weighted by atomic mass is 16.2. The van der Waals surface area contributed by atoms with Crippen LogP contribution >= 0.6 is 0 Å². The molecule has 1 aromatic heterocycles. The molecule has 0 saturated heterocycles. The SMILES string of the molecule is CC(C)CN1CCc2cc(C(=O)N(C)C)c(NCC3CC3)nc2CC1. The number of anilines is 1. The third kappa shape index (κ3) is 4.72. The summed E-state index contributed by atoms with van der Waals surface area (Å²) in [7, 11) is 3.62. The summed E-state index contributed by atoms with van der Waals surface area (Å²) >= 11 is 0. The van der Waals surface area contributed by atoms with Gasteiger partial charge in [0.05, 0.1) is 5.56 Å². The van der Waals surface area contributed by atoms with E-state index in [0.29, 0.717) is 5.92 Å². The molecule has 1 fully saturated rings. The van der Waals surface area contributed by atoms with E-state index in [2.05, 4.69) is 30.1 Å². The van der Waals surface area contributed by atoms with E-state index in [9.17, 15) is 4.79 Å². The van der Waals surface area contributed by atoms with E-state index < -0.39 is 0 Å². The molecule has 1 aliphatic carbocycles. The van der Waals surface area contributed by atoms with Gasteiger partial charge < -0.3 is 15.1 Å². The minimum atomic E-state index is 0.0388. The average Bonchev–Trinajstić information content (AvgIpc) is 3.39. The van der Waals surface area contributed by atoms with E-state index in [1.54, 1.807) is 4.90 Å². The number of amides is 1. The standard InChI is InChI=1S/C20H32N4O/c1-14(2)13-24-9-7-16-11-17(20(25)23(3)4)19(21-12-15-5-6-15)22-18(16)8-10-24/h11,14-15H,5-10,12-13H2,1-4H3,(H,21,22). The number of rotatable bonds is 6. The van der Waals surface area contributed by atoms with Gasteiger partial charge in [0.15, 0.2) is 0 Å². The molecule has 1 amide bonds. The first-order valence-corrected chi connectivity index (χ1v) is 9.64. The van der Waals surface area contributed by atoms with Crippen LogP contribution in [-0.2, 0) is 12.8 Å². The van der Waals surface area contributed by atoms with E-state index in [4.69, 9.17) is 4.98 Å². The highest BCUT2D eigenvalue weighted by Crippen LogP contribution is 2.30. The molecule has 2 aliphatic rings. The summed E-state index contributed by atoms with van der Waals surface area (Å²) in [5, 5.41) is 3.45. The van der Waals surface area contributed by atoms with Gasteiger partial charge in [0, 0.05) is 52.4 Å². The second-order valence-electron chi connectivity index (χ2n) is 8.21. The van der Waals surface area contributed by atoms with Crippen molar-refractivity contribution < 1.29 is 4.79 Å². The molecular formula is C20H32N4O. The first-order chi connectivity index (χ1) is 11.9. The van der Waals surface area contributed by atoms with Gasteiger partial charge in [-0.25, -0.2) is 4.98 Å². The monoisotopic (exact) mass is 344 g/mol. The van der Waals surface area contributed by atoms with Gasteiger partial charge in [-0.2, -0.15) is 0 Å². The number of aromatic nitrogens is 1. The van der Waals surface area contributed by atoms with Gasteiger partial charge in [-0.15, -0.1) is 0 Å². The van der Waals surface area contributed by atoms with Crippen molar-refractivity contribution in [1.82, 2.24) is 14.8 Å². The van der Waals surface area contributed by atoms with Crippen LogP contribution in [0.25, 0.3) is 0 Å². The van der Waals surface area contributed by atoms with E-state index in [1.807, 2.05) is 14.1 Å². The minimum absolute atomic E-state index is 0.0388. The third-order valence-electron chi connectivity index (χ3n) is 5.07. The Balaban J connectivity index is 1.83. The molecule has 1 saturated carbocycles. The fourth-order valence-corrected chi connectivity index (χ4v) is 3.48. The normalized spacial score (nSPS) is 18.0. The molecule has 138 valence electrons. The Bertz CT molecular complexity index is 622. The van der Waals surface area contributed by atoms with E-state index in [0.717, 1.165) is 56.3 Å². The van der Waals surface area contributed by atoms with Crippen LogP contribution in [0.5, 0.6) is 0 Å². The van der Waals surface area contributed by atoms with Crippen molar-refractivity contribution in [2.24, 2.45) is 11.8 Å². The molecule has 2 heterocycles. The van der Waals surface area contributed by atoms with Gasteiger partial charge in [0.1, 0.15) is 5.82 Å². The molecular weight excluding hydrogens is 312 g/mol. The smallest absolute Gasteiger partial charge is 0.257 e. The lowest BCUT2D eigenvalue weighted by atomic mass is 10.0. The van der Waals surface area contributed by atoms with Crippen molar-refractivity contribution in [2.75, 3.05) is 45.6 Å². The molecule has 25 heavy (non-hydrogen) atoms. The van der Waals surface area contributed by atoms with Crippen molar-refractivity contribution in [3.05, 3.63) is 22.9 Å².